The molecule has 0 saturated heterocycles. The fraction of sp³-hybridized carbons (Fsp3) is 0.778. The van der Waals surface area contributed by atoms with Gasteiger partial charge in [-0.2, -0.15) is 0 Å². The molecule has 13 heavy (non-hydrogen) atoms. The van der Waals surface area contributed by atoms with Crippen molar-refractivity contribution in [1.82, 2.24) is 5.32 Å². The van der Waals surface area contributed by atoms with E-state index in [1.165, 1.54) is 0 Å². The molecular weight excluding hydrogens is 240 g/mol. The fourth-order valence-electron chi connectivity index (χ4n) is 1.58. The van der Waals surface area contributed by atoms with Crippen LogP contribution in [0.5, 0.6) is 0 Å². The maximum Gasteiger partial charge on any atom is 0.263 e. The van der Waals surface area contributed by atoms with Crippen molar-refractivity contribution in [2.24, 2.45) is 0 Å². The highest BCUT2D eigenvalue weighted by Crippen LogP contribution is 2.33. The first-order valence-corrected chi connectivity index (χ1v) is 5.26. The zero-order chi connectivity index (χ0) is 9.90. The molecule has 4 heteroatoms. The number of nitrogens with one attached hydrogen (secondary N) is 1. The van der Waals surface area contributed by atoms with E-state index in [0.29, 0.717) is 23.9 Å². The predicted molar refractivity (Wildman–Crippen MR) is 53.3 cm³/mol. The van der Waals surface area contributed by atoms with E-state index >= 15 is 0 Å². The molecule has 0 aliphatic heterocycles. The standard InChI is InChI=1S/C9H14BrF2N/c1-7(10)6-13-8-4-2-3-5-9(8,11)12/h8,13H,1-6H2. The Bertz CT molecular complexity index is 194. The summed E-state index contributed by atoms with van der Waals surface area (Å²) in [7, 11) is 0. The average molecular weight is 254 g/mol. The van der Waals surface area contributed by atoms with Crippen molar-refractivity contribution in [1.29, 1.82) is 0 Å². The second kappa shape index (κ2) is 4.51. The molecule has 1 saturated carbocycles. The largest absolute Gasteiger partial charge is 0.304 e. The van der Waals surface area contributed by atoms with Gasteiger partial charge in [0.15, 0.2) is 0 Å². The van der Waals surface area contributed by atoms with Crippen LogP contribution >= 0.6 is 15.9 Å². The molecule has 1 atom stereocenters. The van der Waals surface area contributed by atoms with E-state index in [2.05, 4.69) is 27.8 Å². The first-order valence-electron chi connectivity index (χ1n) is 4.47. The quantitative estimate of drug-likeness (QED) is 0.816. The highest BCUT2D eigenvalue weighted by atomic mass is 79.9. The highest BCUT2D eigenvalue weighted by molar-refractivity contribution is 9.11. The Labute approximate surface area is 85.7 Å². The number of rotatable bonds is 3. The number of hydrogen-bond donors (Lipinski definition) is 1. The number of alkyl halides is 2. The molecule has 0 aromatic heterocycles. The Morgan fingerprint density at radius 1 is 1.54 bits per heavy atom. The third-order valence-corrected chi connectivity index (χ3v) is 2.58. The zero-order valence-electron chi connectivity index (χ0n) is 7.45. The summed E-state index contributed by atoms with van der Waals surface area (Å²) in [6.45, 7) is 4.01. The lowest BCUT2D eigenvalue weighted by Crippen LogP contribution is -2.47. The predicted octanol–water partition coefficient (Wildman–Crippen LogP) is 3.06. The summed E-state index contributed by atoms with van der Waals surface area (Å²) in [6, 6.07) is -0.671. The summed E-state index contributed by atoms with van der Waals surface area (Å²) in [4.78, 5) is 0. The Morgan fingerprint density at radius 3 is 2.77 bits per heavy atom. The lowest BCUT2D eigenvalue weighted by Gasteiger charge is -2.31. The number of halogens is 3. The van der Waals surface area contributed by atoms with Crippen molar-refractivity contribution in [2.45, 2.75) is 37.6 Å². The Balaban J connectivity index is 2.41. The van der Waals surface area contributed by atoms with Crippen LogP contribution in [0.3, 0.4) is 0 Å². The van der Waals surface area contributed by atoms with E-state index in [4.69, 9.17) is 0 Å². The van der Waals surface area contributed by atoms with Crippen LogP contribution in [-0.2, 0) is 0 Å². The molecule has 1 rings (SSSR count). The molecule has 0 heterocycles. The van der Waals surface area contributed by atoms with Gasteiger partial charge in [0.25, 0.3) is 5.92 Å². The second-order valence-electron chi connectivity index (χ2n) is 3.46. The second-order valence-corrected chi connectivity index (χ2v) is 4.58. The van der Waals surface area contributed by atoms with Gasteiger partial charge in [-0.15, -0.1) is 0 Å². The third kappa shape index (κ3) is 3.35. The van der Waals surface area contributed by atoms with Gasteiger partial charge in [-0.05, 0) is 12.8 Å². The maximum atomic E-state index is 13.2. The van der Waals surface area contributed by atoms with Crippen LogP contribution in [0.1, 0.15) is 25.7 Å². The zero-order valence-corrected chi connectivity index (χ0v) is 9.04. The molecule has 1 aliphatic carbocycles. The molecule has 1 unspecified atom stereocenters. The van der Waals surface area contributed by atoms with Gasteiger partial charge in [0, 0.05) is 17.4 Å². The fourth-order valence-corrected chi connectivity index (χ4v) is 1.74. The maximum absolute atomic E-state index is 13.2. The van der Waals surface area contributed by atoms with Gasteiger partial charge in [0.05, 0.1) is 6.04 Å². The summed E-state index contributed by atoms with van der Waals surface area (Å²) in [5.74, 6) is -2.54. The van der Waals surface area contributed by atoms with Crippen LogP contribution in [0.4, 0.5) is 8.78 Å². The highest BCUT2D eigenvalue weighted by Gasteiger charge is 2.40. The molecule has 0 aromatic rings. The monoisotopic (exact) mass is 253 g/mol. The summed E-state index contributed by atoms with van der Waals surface area (Å²) in [6.07, 6.45) is 2.11. The van der Waals surface area contributed by atoms with Gasteiger partial charge in [-0.25, -0.2) is 8.78 Å². The van der Waals surface area contributed by atoms with Crippen LogP contribution in [0.2, 0.25) is 0 Å². The lowest BCUT2D eigenvalue weighted by atomic mass is 9.91. The molecule has 1 nitrogen and oxygen atoms in total. The molecule has 0 aromatic carbocycles. The van der Waals surface area contributed by atoms with E-state index in [-0.39, 0.29) is 6.42 Å². The summed E-state index contributed by atoms with van der Waals surface area (Å²) >= 11 is 3.14. The molecule has 76 valence electrons. The van der Waals surface area contributed by atoms with Crippen molar-refractivity contribution >= 4 is 15.9 Å². The van der Waals surface area contributed by atoms with E-state index < -0.39 is 12.0 Å². The first kappa shape index (κ1) is 11.1. The van der Waals surface area contributed by atoms with E-state index in [1.807, 2.05) is 0 Å². The van der Waals surface area contributed by atoms with Gasteiger partial charge >= 0.3 is 0 Å². The van der Waals surface area contributed by atoms with Gasteiger partial charge in [0.1, 0.15) is 0 Å². The van der Waals surface area contributed by atoms with Crippen LogP contribution < -0.4 is 5.32 Å². The SMILES string of the molecule is C=C(Br)CNC1CCCCC1(F)F. The Morgan fingerprint density at radius 2 is 2.23 bits per heavy atom. The van der Waals surface area contributed by atoms with Crippen LogP contribution in [-0.4, -0.2) is 18.5 Å². The van der Waals surface area contributed by atoms with E-state index in [9.17, 15) is 8.78 Å². The first-order chi connectivity index (χ1) is 6.02. The molecule has 1 N–H and O–H groups in total. The molecule has 0 radical (unpaired) electrons. The minimum atomic E-state index is -2.54. The van der Waals surface area contributed by atoms with Crippen LogP contribution in [0, 0.1) is 0 Å². The topological polar surface area (TPSA) is 12.0 Å². The minimum absolute atomic E-state index is 0.0133. The van der Waals surface area contributed by atoms with Crippen LogP contribution in [0.25, 0.3) is 0 Å². The van der Waals surface area contributed by atoms with Crippen molar-refractivity contribution in [2.75, 3.05) is 6.54 Å². The van der Waals surface area contributed by atoms with Crippen molar-refractivity contribution in [3.8, 4) is 0 Å². The van der Waals surface area contributed by atoms with Crippen molar-refractivity contribution in [3.63, 3.8) is 0 Å². The molecule has 1 fully saturated rings. The normalized spacial score (nSPS) is 27.2. The summed E-state index contributed by atoms with van der Waals surface area (Å²) in [5.41, 5.74) is 0. The van der Waals surface area contributed by atoms with Crippen molar-refractivity contribution < 1.29 is 8.78 Å². The molecule has 0 bridgehead atoms. The minimum Gasteiger partial charge on any atom is -0.304 e. The lowest BCUT2D eigenvalue weighted by molar-refractivity contribution is -0.0625. The molecular formula is C9H14BrF2N. The van der Waals surface area contributed by atoms with E-state index in [0.717, 1.165) is 6.42 Å². The summed E-state index contributed by atoms with van der Waals surface area (Å²) in [5, 5.41) is 2.81. The van der Waals surface area contributed by atoms with Gasteiger partial charge < -0.3 is 5.32 Å². The molecule has 1 aliphatic rings. The van der Waals surface area contributed by atoms with E-state index in [1.54, 1.807) is 0 Å². The van der Waals surface area contributed by atoms with Gasteiger partial charge in [-0.3, -0.25) is 0 Å². The third-order valence-electron chi connectivity index (χ3n) is 2.30. The molecule has 0 amide bonds. The van der Waals surface area contributed by atoms with Crippen LogP contribution in [0.15, 0.2) is 11.1 Å². The summed E-state index contributed by atoms with van der Waals surface area (Å²) < 4.78 is 27.1. The molecule has 0 spiro atoms. The van der Waals surface area contributed by atoms with Crippen molar-refractivity contribution in [3.05, 3.63) is 11.1 Å². The average Bonchev–Trinajstić information content (AvgIpc) is 2.01. The number of hydrogen-bond acceptors (Lipinski definition) is 1. The Kier molecular flexibility index (Phi) is 3.86. The van der Waals surface area contributed by atoms with Gasteiger partial charge in [0.2, 0.25) is 0 Å². The van der Waals surface area contributed by atoms with Gasteiger partial charge in [-0.1, -0.05) is 28.9 Å². The Hall–Kier alpha value is 0.0400. The smallest absolute Gasteiger partial charge is 0.263 e.